The van der Waals surface area contributed by atoms with Gasteiger partial charge in [0.25, 0.3) is 5.91 Å². The minimum atomic E-state index is -0.173. The second-order valence-electron chi connectivity index (χ2n) is 4.44. The molecule has 1 N–H and O–H groups in total. The van der Waals surface area contributed by atoms with Crippen molar-refractivity contribution >= 4 is 11.6 Å². The Kier molecular flexibility index (Phi) is 3.63. The van der Waals surface area contributed by atoms with Gasteiger partial charge in [-0.25, -0.2) is 0 Å². The Bertz CT molecular complexity index is 651. The Morgan fingerprint density at radius 1 is 1.05 bits per heavy atom. The highest BCUT2D eigenvalue weighted by Crippen LogP contribution is 2.15. The van der Waals surface area contributed by atoms with E-state index in [-0.39, 0.29) is 5.91 Å². The monoisotopic (exact) mass is 250 g/mol. The van der Waals surface area contributed by atoms with E-state index in [9.17, 15) is 4.79 Å². The van der Waals surface area contributed by atoms with Crippen LogP contribution in [0.3, 0.4) is 0 Å². The van der Waals surface area contributed by atoms with Crippen molar-refractivity contribution in [3.63, 3.8) is 0 Å². The van der Waals surface area contributed by atoms with E-state index in [2.05, 4.69) is 5.32 Å². The minimum Gasteiger partial charge on any atom is -0.322 e. The lowest BCUT2D eigenvalue weighted by atomic mass is 10.1. The zero-order valence-electron chi connectivity index (χ0n) is 10.9. The lowest BCUT2D eigenvalue weighted by molar-refractivity contribution is 0.102. The highest BCUT2D eigenvalue weighted by molar-refractivity contribution is 6.04. The average molecular weight is 250 g/mol. The number of amides is 1. The summed E-state index contributed by atoms with van der Waals surface area (Å²) in [6.07, 6.45) is 0. The van der Waals surface area contributed by atoms with Crippen molar-refractivity contribution in [1.82, 2.24) is 0 Å². The smallest absolute Gasteiger partial charge is 0.255 e. The van der Waals surface area contributed by atoms with Gasteiger partial charge in [0.1, 0.15) is 0 Å². The minimum absolute atomic E-state index is 0.173. The van der Waals surface area contributed by atoms with Crippen LogP contribution < -0.4 is 5.32 Å². The van der Waals surface area contributed by atoms with Crippen LogP contribution in [0, 0.1) is 25.2 Å². The van der Waals surface area contributed by atoms with Gasteiger partial charge >= 0.3 is 0 Å². The summed E-state index contributed by atoms with van der Waals surface area (Å²) >= 11 is 0. The van der Waals surface area contributed by atoms with Crippen LogP contribution in [0.4, 0.5) is 5.69 Å². The van der Waals surface area contributed by atoms with E-state index >= 15 is 0 Å². The van der Waals surface area contributed by atoms with Crippen molar-refractivity contribution < 1.29 is 4.79 Å². The maximum absolute atomic E-state index is 12.0. The maximum atomic E-state index is 12.0. The third-order valence-corrected chi connectivity index (χ3v) is 3.04. The predicted molar refractivity (Wildman–Crippen MR) is 75.0 cm³/mol. The number of nitrogens with zero attached hydrogens (tertiary/aromatic N) is 1. The van der Waals surface area contributed by atoms with Crippen LogP contribution in [-0.4, -0.2) is 5.91 Å². The second-order valence-corrected chi connectivity index (χ2v) is 4.44. The van der Waals surface area contributed by atoms with E-state index in [1.54, 1.807) is 24.3 Å². The Balaban J connectivity index is 2.16. The number of rotatable bonds is 2. The number of aryl methyl sites for hydroxylation is 2. The van der Waals surface area contributed by atoms with Crippen LogP contribution in [-0.2, 0) is 0 Å². The zero-order chi connectivity index (χ0) is 13.8. The lowest BCUT2D eigenvalue weighted by Crippen LogP contribution is -2.11. The molecule has 0 radical (unpaired) electrons. The van der Waals surface area contributed by atoms with Crippen molar-refractivity contribution in [3.8, 4) is 6.07 Å². The molecule has 3 nitrogen and oxygen atoms in total. The topological polar surface area (TPSA) is 52.9 Å². The Morgan fingerprint density at radius 3 is 2.32 bits per heavy atom. The van der Waals surface area contributed by atoms with Gasteiger partial charge < -0.3 is 5.32 Å². The number of hydrogen-bond donors (Lipinski definition) is 1. The Morgan fingerprint density at radius 2 is 1.74 bits per heavy atom. The highest BCUT2D eigenvalue weighted by Gasteiger charge is 2.06. The zero-order valence-corrected chi connectivity index (χ0v) is 10.9. The largest absolute Gasteiger partial charge is 0.322 e. The molecule has 2 aromatic carbocycles. The van der Waals surface area contributed by atoms with E-state index in [1.165, 1.54) is 5.56 Å². The molecule has 2 aromatic rings. The van der Waals surface area contributed by atoms with Gasteiger partial charge in [-0.15, -0.1) is 0 Å². The van der Waals surface area contributed by atoms with Crippen LogP contribution in [0.1, 0.15) is 27.0 Å². The van der Waals surface area contributed by atoms with E-state index in [0.717, 1.165) is 11.3 Å². The van der Waals surface area contributed by atoms with Gasteiger partial charge in [0.2, 0.25) is 0 Å². The summed E-state index contributed by atoms with van der Waals surface area (Å²) in [5.41, 5.74) is 4.19. The molecule has 0 heterocycles. The summed E-state index contributed by atoms with van der Waals surface area (Å²) in [6, 6.07) is 14.4. The van der Waals surface area contributed by atoms with Gasteiger partial charge in [0, 0.05) is 11.3 Å². The molecule has 1 amide bonds. The van der Waals surface area contributed by atoms with Gasteiger partial charge in [-0.1, -0.05) is 6.07 Å². The molecule has 0 bridgehead atoms. The molecule has 0 aromatic heterocycles. The van der Waals surface area contributed by atoms with E-state index < -0.39 is 0 Å². The highest BCUT2D eigenvalue weighted by atomic mass is 16.1. The maximum Gasteiger partial charge on any atom is 0.255 e. The fraction of sp³-hybridized carbons (Fsp3) is 0.125. The first-order valence-corrected chi connectivity index (χ1v) is 5.99. The average Bonchev–Trinajstić information content (AvgIpc) is 2.43. The third kappa shape index (κ3) is 2.99. The molecule has 0 spiro atoms. The van der Waals surface area contributed by atoms with Crippen LogP contribution in [0.25, 0.3) is 0 Å². The molecule has 0 fully saturated rings. The summed E-state index contributed by atoms with van der Waals surface area (Å²) in [5, 5.41) is 11.6. The predicted octanol–water partition coefficient (Wildman–Crippen LogP) is 3.43. The summed E-state index contributed by atoms with van der Waals surface area (Å²) in [6.45, 7) is 4.04. The summed E-state index contributed by atoms with van der Waals surface area (Å²) in [5.74, 6) is -0.173. The van der Waals surface area contributed by atoms with Gasteiger partial charge in [-0.05, 0) is 61.4 Å². The number of carbonyl (C=O) groups is 1. The van der Waals surface area contributed by atoms with Gasteiger partial charge in [-0.2, -0.15) is 5.26 Å². The number of hydrogen-bond acceptors (Lipinski definition) is 2. The fourth-order valence-electron chi connectivity index (χ4n) is 1.72. The van der Waals surface area contributed by atoms with Gasteiger partial charge in [0.05, 0.1) is 11.6 Å². The molecule has 0 unspecified atom stereocenters. The first-order chi connectivity index (χ1) is 9.10. The lowest BCUT2D eigenvalue weighted by Gasteiger charge is -2.07. The van der Waals surface area contributed by atoms with E-state index in [1.807, 2.05) is 38.1 Å². The molecule has 0 aliphatic heterocycles. The number of nitrogens with one attached hydrogen (secondary N) is 1. The van der Waals surface area contributed by atoms with Crippen LogP contribution in [0.15, 0.2) is 42.5 Å². The first kappa shape index (κ1) is 12.8. The Labute approximate surface area is 112 Å². The summed E-state index contributed by atoms with van der Waals surface area (Å²) < 4.78 is 0. The first-order valence-electron chi connectivity index (χ1n) is 5.99. The summed E-state index contributed by atoms with van der Waals surface area (Å²) in [7, 11) is 0. The fourth-order valence-corrected chi connectivity index (χ4v) is 1.72. The van der Waals surface area contributed by atoms with Crippen molar-refractivity contribution in [2.24, 2.45) is 0 Å². The number of carbonyl (C=O) groups excluding carboxylic acids is 1. The second kappa shape index (κ2) is 5.36. The Hall–Kier alpha value is -2.60. The van der Waals surface area contributed by atoms with Gasteiger partial charge in [-0.3, -0.25) is 4.79 Å². The SMILES string of the molecule is Cc1ccc(NC(=O)c2ccc(C#N)cc2)cc1C. The molecular weight excluding hydrogens is 236 g/mol. The molecule has 0 aliphatic carbocycles. The van der Waals surface area contributed by atoms with Gasteiger partial charge in [0.15, 0.2) is 0 Å². The standard InChI is InChI=1S/C16H14N2O/c1-11-3-8-15(9-12(11)2)18-16(19)14-6-4-13(10-17)5-7-14/h3-9H,1-2H3,(H,18,19). The number of anilines is 1. The van der Waals surface area contributed by atoms with E-state index in [0.29, 0.717) is 11.1 Å². The van der Waals surface area contributed by atoms with Crippen LogP contribution >= 0.6 is 0 Å². The molecule has 0 aliphatic rings. The van der Waals surface area contributed by atoms with Crippen molar-refractivity contribution in [1.29, 1.82) is 5.26 Å². The van der Waals surface area contributed by atoms with Crippen molar-refractivity contribution in [2.75, 3.05) is 5.32 Å². The molecule has 3 heteroatoms. The third-order valence-electron chi connectivity index (χ3n) is 3.04. The van der Waals surface area contributed by atoms with E-state index in [4.69, 9.17) is 5.26 Å². The van der Waals surface area contributed by atoms with Crippen LogP contribution in [0.5, 0.6) is 0 Å². The number of nitriles is 1. The molecule has 0 saturated carbocycles. The molecule has 0 saturated heterocycles. The number of benzene rings is 2. The molecule has 94 valence electrons. The molecule has 19 heavy (non-hydrogen) atoms. The molecule has 0 atom stereocenters. The van der Waals surface area contributed by atoms with Crippen molar-refractivity contribution in [2.45, 2.75) is 13.8 Å². The quantitative estimate of drug-likeness (QED) is 0.887. The molecule has 2 rings (SSSR count). The van der Waals surface area contributed by atoms with Crippen molar-refractivity contribution in [3.05, 3.63) is 64.7 Å². The summed E-state index contributed by atoms with van der Waals surface area (Å²) in [4.78, 5) is 12.0. The normalized spacial score (nSPS) is 9.74. The van der Waals surface area contributed by atoms with Crippen LogP contribution in [0.2, 0.25) is 0 Å². The molecular formula is C16H14N2O.